The highest BCUT2D eigenvalue weighted by atomic mass is 32.2. The van der Waals surface area contributed by atoms with Gasteiger partial charge in [0.05, 0.1) is 56.9 Å². The van der Waals surface area contributed by atoms with Gasteiger partial charge < -0.3 is 78.5 Å². The van der Waals surface area contributed by atoms with Crippen molar-refractivity contribution < 1.29 is 93.5 Å². The Kier molecular flexibility index (Phi) is 39.5. The predicted molar refractivity (Wildman–Crippen MR) is 562 cm³/mol. The number of aromatic nitrogens is 2. The summed E-state index contributed by atoms with van der Waals surface area (Å²) in [6.07, 6.45) is 39.7. The first-order chi connectivity index (χ1) is 70.7. The van der Waals surface area contributed by atoms with Crippen LogP contribution in [0.4, 0.5) is 9.59 Å². The minimum absolute atomic E-state index is 0.0132. The highest BCUT2D eigenvalue weighted by molar-refractivity contribution is 7.93. The zero-order valence-corrected chi connectivity index (χ0v) is 92.0. The first kappa shape index (κ1) is 117. The number of nitrogens with one attached hydrogen (secondary N) is 12. The summed E-state index contributed by atoms with van der Waals surface area (Å²) in [4.78, 5) is 231. The smallest absolute Gasteiger partial charge is 0.315 e. The molecule has 39 heteroatoms. The molecule has 15 rings (SSSR count). The van der Waals surface area contributed by atoms with Crippen LogP contribution in [0.1, 0.15) is 376 Å². The Balaban J connectivity index is 0.000000186. The summed E-state index contributed by atoms with van der Waals surface area (Å²) >= 11 is 0. The first-order valence-electron chi connectivity index (χ1n) is 56.7. The number of carbonyl (C=O) groups excluding carboxylic acids is 16. The van der Waals surface area contributed by atoms with E-state index in [-0.39, 0.29) is 106 Å². The van der Waals surface area contributed by atoms with Gasteiger partial charge in [0, 0.05) is 50.7 Å². The number of ketones is 3. The van der Waals surface area contributed by atoms with Crippen molar-refractivity contribution in [1.82, 2.24) is 88.5 Å². The maximum absolute atomic E-state index is 14.6. The Morgan fingerprint density at radius 2 is 1.03 bits per heavy atom. The number of carbonyl (C=O) groups is 16. The van der Waals surface area contributed by atoms with E-state index in [4.69, 9.17) is 0 Å². The van der Waals surface area contributed by atoms with E-state index in [2.05, 4.69) is 108 Å². The molecule has 14 fully saturated rings. The van der Waals surface area contributed by atoms with Crippen molar-refractivity contribution in [3.63, 3.8) is 0 Å². The Hall–Kier alpha value is -9.56. The van der Waals surface area contributed by atoms with E-state index in [1.807, 2.05) is 34.6 Å². The van der Waals surface area contributed by atoms with Gasteiger partial charge in [-0.3, -0.25) is 72.1 Å². The molecule has 8 saturated carbocycles. The first-order valence-corrected chi connectivity index (χ1v) is 60.0. The molecular formula is C110H173N17O20S2. The zero-order valence-electron chi connectivity index (χ0n) is 90.3. The highest BCUT2D eigenvalue weighted by Gasteiger charge is 2.72. The molecule has 1 unspecified atom stereocenters. The standard InChI is InChI=1S/C38H63N5O7S.C36H53N7O6.C36H57N5O7S/c1-7-23-39-33(46)31(44)27-19-15-12-10-9-11-13-16-20-28(34(47)43-24-26-29(37(26,5)6)30(43)32(45)40-27)41-35(48)42-38(21-17-14-18-22-38)25-51(49,50)36(3,4)8-2;1-5-10-25(29(44)34(48)39-23-15-16-23)40-33(47)28-24-14-9-13-22(24)20-43(28)35(49)30(36(2,3)4)42-32(46)27(21-11-7-6-8-12-21)41-31(45)26-19-37-17-18-38-26;1-35(2)24-22-41-29(28(24)35)31(43)38-25(30(42)32(44)37-23-17-18-23)14-9-6-4-3-5-7-10-15-26(33(41)45)39-34(46)40-36(19-11-8-12-20-36)27-16-13-21-49(27,47)48/h7,26-30H,1,8-25H2,2-6H3,(H,39,46)(H,40,45)(H2,41,42,48);17-19,21-25,27-28,30H,5-16,20H2,1-4H3,(H,39,48)(H,40,47)(H,41,45)(H,42,46);23-29H,3-22H2,1-2H3,(H,37,44)(H,38,43)(H2,39,40,46)/t26-,27-,28-,29-,30-;22-,24-,25-,27-,28-,30?;24-,25-,26-,27-,28-,29-/m000/s1. The monoisotopic (exact) mass is 2120 g/mol. The van der Waals surface area contributed by atoms with Crippen molar-refractivity contribution in [2.24, 2.45) is 57.7 Å². The molecule has 0 radical (unpaired) electrons. The van der Waals surface area contributed by atoms with Crippen molar-refractivity contribution in [2.45, 2.75) is 459 Å². The van der Waals surface area contributed by atoms with E-state index in [9.17, 15) is 93.5 Å². The summed E-state index contributed by atoms with van der Waals surface area (Å²) in [5, 5.41) is 34.0. The molecule has 6 saturated heterocycles. The minimum Gasteiger partial charge on any atom is -0.347 e. The summed E-state index contributed by atoms with van der Waals surface area (Å²) in [6, 6.07) is -10.2. The van der Waals surface area contributed by atoms with Gasteiger partial charge in [-0.2, -0.15) is 0 Å². The number of piperidine rings is 2. The van der Waals surface area contributed by atoms with E-state index in [1.165, 1.54) is 24.7 Å². The van der Waals surface area contributed by atoms with Crippen molar-refractivity contribution in [3.05, 3.63) is 36.9 Å². The van der Waals surface area contributed by atoms with Gasteiger partial charge in [-0.15, -0.1) is 6.58 Å². The second-order valence-corrected chi connectivity index (χ2v) is 53.6. The zero-order chi connectivity index (χ0) is 108. The van der Waals surface area contributed by atoms with Crippen LogP contribution in [0, 0.1) is 57.7 Å². The van der Waals surface area contributed by atoms with E-state index in [1.54, 1.807) is 28.5 Å². The van der Waals surface area contributed by atoms with Gasteiger partial charge in [0.15, 0.2) is 19.7 Å². The van der Waals surface area contributed by atoms with Crippen molar-refractivity contribution >= 4 is 114 Å². The minimum atomic E-state index is -3.56. The normalized spacial score (nSPS) is 29.2. The lowest BCUT2D eigenvalue weighted by molar-refractivity contribution is -0.146. The van der Waals surface area contributed by atoms with Crippen LogP contribution in [0.5, 0.6) is 0 Å². The molecular weight excluding hydrogens is 1940 g/mol. The molecule has 8 aliphatic carbocycles. The largest absolute Gasteiger partial charge is 0.347 e. The van der Waals surface area contributed by atoms with Gasteiger partial charge >= 0.3 is 12.1 Å². The topological polar surface area (TPSA) is 521 Å². The Morgan fingerprint density at radius 1 is 0.544 bits per heavy atom. The highest BCUT2D eigenvalue weighted by Crippen LogP contribution is 2.66. The molecule has 6 aliphatic heterocycles. The van der Waals surface area contributed by atoms with Crippen LogP contribution >= 0.6 is 0 Å². The third-order valence-electron chi connectivity index (χ3n) is 35.8. The number of rotatable bonds is 29. The fraction of sp³-hybridized carbons (Fsp3) is 0.800. The van der Waals surface area contributed by atoms with Crippen molar-refractivity contribution in [3.8, 4) is 0 Å². The molecule has 149 heavy (non-hydrogen) atoms. The molecule has 15 amide bonds. The van der Waals surface area contributed by atoms with Gasteiger partial charge in [0.2, 0.25) is 58.7 Å². The predicted octanol–water partition coefficient (Wildman–Crippen LogP) is 10.0. The van der Waals surface area contributed by atoms with E-state index < -0.39 is 183 Å². The van der Waals surface area contributed by atoms with Crippen LogP contribution in [-0.4, -0.2) is 267 Å². The van der Waals surface area contributed by atoms with E-state index >= 15 is 0 Å². The van der Waals surface area contributed by atoms with Crippen LogP contribution in [-0.2, 0) is 82.0 Å². The number of Topliss-reactive ketones (excluding diaryl/α,β-unsaturated/α-hetero) is 3. The second kappa shape index (κ2) is 50.6. The van der Waals surface area contributed by atoms with Crippen LogP contribution < -0.4 is 63.8 Å². The average molecular weight is 2120 g/mol. The number of hydrogen-bond acceptors (Lipinski definition) is 22. The van der Waals surface area contributed by atoms with Gasteiger partial charge in [-0.1, -0.05) is 229 Å². The van der Waals surface area contributed by atoms with Gasteiger partial charge in [0.25, 0.3) is 23.6 Å². The fourth-order valence-electron chi connectivity index (χ4n) is 26.0. The van der Waals surface area contributed by atoms with Crippen LogP contribution in [0.3, 0.4) is 0 Å². The second-order valence-electron chi connectivity index (χ2n) is 48.7. The van der Waals surface area contributed by atoms with Gasteiger partial charge in [-0.05, 0) is 200 Å². The number of amides is 15. The molecule has 1 aromatic heterocycles. The van der Waals surface area contributed by atoms with E-state index in [0.29, 0.717) is 122 Å². The lowest BCUT2D eigenvalue weighted by atomic mass is 9.78. The molecule has 7 heterocycles. The lowest BCUT2D eigenvalue weighted by Gasteiger charge is -2.42. The number of hydrogen-bond donors (Lipinski definition) is 12. The molecule has 14 aliphatic rings. The molecule has 0 spiro atoms. The molecule has 37 nitrogen and oxygen atoms in total. The SMILES string of the molecule is C=CCNC(=O)C(=O)[C@@H]1CCCCCCCCC[C@H](NC(=O)NC2(CS(=O)(=O)C(C)(C)CC)CCCCC2)C(=O)N2C[C@H]3[C@@H]([C@H]2C(=O)N1)C3(C)C.CC1(C)[C@@H]2[C@H]3C(=O)N[C@H](C(=O)C(=O)NC4CC4)CCCCCCCCC[C@H](NC(=O)NC4([C@@H]5CCCS5(=O)=O)CCCCC4)C(=O)N3C[C@@H]21.CCC[C@H](NC(=O)[C@@H]1[C@H]2CCC[C@H]2CN1C(=O)C(NC(=O)[C@@H](NC(=O)c1cnccn1)C1CCCCC1)C(C)(C)C)C(=O)C(=O)NC1CC1. The maximum Gasteiger partial charge on any atom is 0.315 e. The molecule has 17 atom stereocenters. The number of nitrogens with zero attached hydrogens (tertiary/aromatic N) is 5. The summed E-state index contributed by atoms with van der Waals surface area (Å²) in [6.45, 7) is 25.9. The number of urea groups is 2. The number of sulfone groups is 2. The van der Waals surface area contributed by atoms with Crippen molar-refractivity contribution in [2.75, 3.05) is 37.7 Å². The third-order valence-corrected chi connectivity index (χ3v) is 41.1. The summed E-state index contributed by atoms with van der Waals surface area (Å²) < 4.78 is 52.4. The fourth-order valence-corrected chi connectivity index (χ4v) is 30.2. The number of likely N-dealkylation sites (tertiary alicyclic amines) is 1. The van der Waals surface area contributed by atoms with Crippen LogP contribution in [0.2, 0.25) is 0 Å². The third kappa shape index (κ3) is 28.9. The molecule has 0 bridgehead atoms. The Bertz CT molecular complexity index is 5220. The van der Waals surface area contributed by atoms with Gasteiger partial charge in [-0.25, -0.2) is 31.4 Å². The van der Waals surface area contributed by atoms with E-state index in [0.717, 1.165) is 186 Å². The maximum atomic E-state index is 14.6. The molecule has 1 aromatic rings. The van der Waals surface area contributed by atoms with Gasteiger partial charge in [0.1, 0.15) is 48.0 Å². The van der Waals surface area contributed by atoms with Crippen LogP contribution in [0.25, 0.3) is 0 Å². The molecule has 0 aromatic carbocycles. The molecule has 830 valence electrons. The average Bonchev–Trinajstić information content (AvgIpc) is 1.52. The van der Waals surface area contributed by atoms with Crippen molar-refractivity contribution in [1.29, 1.82) is 0 Å². The Labute approximate surface area is 882 Å². The summed E-state index contributed by atoms with van der Waals surface area (Å²) in [5.74, 6) is -7.64. The molecule has 12 N–H and O–H groups in total. The number of fused-ring (bicyclic) bond motifs is 7. The summed E-state index contributed by atoms with van der Waals surface area (Å²) in [7, 11) is -6.90. The Morgan fingerprint density at radius 3 is 1.52 bits per heavy atom. The van der Waals surface area contributed by atoms with Crippen LogP contribution in [0.15, 0.2) is 31.2 Å². The summed E-state index contributed by atoms with van der Waals surface area (Å²) in [5.41, 5.74) is -2.78. The quantitative estimate of drug-likeness (QED) is 0.0262. The lowest BCUT2D eigenvalue weighted by Crippen LogP contribution is -2.63.